The zero-order valence-electron chi connectivity index (χ0n) is 21.1. The van der Waals surface area contributed by atoms with Crippen molar-refractivity contribution in [2.45, 2.75) is 78.3 Å². The van der Waals surface area contributed by atoms with Crippen LogP contribution < -0.4 is 4.74 Å². The van der Waals surface area contributed by atoms with Crippen molar-refractivity contribution in [1.82, 2.24) is 30.0 Å². The van der Waals surface area contributed by atoms with Crippen molar-refractivity contribution < 1.29 is 25.8 Å². The normalized spacial score (nSPS) is 10.8. The SMILES string of the molecule is CCCCCCn1cc(-c2[c-]c(Oc3[c-]c(-c4cn(CCCCCC)nn4)ccc3)ccc2)nn1.[Pt+2]. The minimum atomic E-state index is 0. The molecule has 0 fully saturated rings. The third-order valence-electron chi connectivity index (χ3n) is 5.87. The van der Waals surface area contributed by atoms with Crippen LogP contribution in [0, 0.1) is 12.1 Å². The summed E-state index contributed by atoms with van der Waals surface area (Å²) in [6, 6.07) is 18.2. The molecule has 0 radical (unpaired) electrons. The van der Waals surface area contributed by atoms with E-state index >= 15 is 0 Å². The molecule has 0 bridgehead atoms. The van der Waals surface area contributed by atoms with Gasteiger partial charge in [-0.15, -0.1) is 47.5 Å². The van der Waals surface area contributed by atoms with Crippen LogP contribution in [0.15, 0.2) is 48.8 Å². The molecule has 0 saturated carbocycles. The second-order valence-corrected chi connectivity index (χ2v) is 8.81. The molecule has 0 aliphatic heterocycles. The third-order valence-corrected chi connectivity index (χ3v) is 5.87. The Hall–Kier alpha value is -2.79. The fourth-order valence-electron chi connectivity index (χ4n) is 3.90. The van der Waals surface area contributed by atoms with Crippen LogP contribution >= 0.6 is 0 Å². The number of aryl methyl sites for hydroxylation is 2. The van der Waals surface area contributed by atoms with Gasteiger partial charge in [0, 0.05) is 48.4 Å². The third kappa shape index (κ3) is 8.12. The van der Waals surface area contributed by atoms with Gasteiger partial charge in [-0.3, -0.25) is 9.36 Å². The van der Waals surface area contributed by atoms with Crippen molar-refractivity contribution >= 4 is 0 Å². The summed E-state index contributed by atoms with van der Waals surface area (Å²) in [7, 11) is 0. The standard InChI is InChI=1S/C28H34N6O.Pt/c1-3-5-7-9-17-33-21-27(29-31-33)23-13-11-15-25(19-23)35-26-16-12-14-24(20-26)28-22-34(32-30-28)18-10-8-6-4-2;/h11-16,21-22H,3-10,17-18H2,1-2H3;/q-2;+2. The van der Waals surface area contributed by atoms with E-state index in [0.717, 1.165) is 48.4 Å². The Morgan fingerprint density at radius 3 is 1.58 bits per heavy atom. The Morgan fingerprint density at radius 2 is 1.14 bits per heavy atom. The molecular weight excluding hydrogens is 631 g/mol. The van der Waals surface area contributed by atoms with E-state index in [1.165, 1.54) is 38.5 Å². The second kappa shape index (κ2) is 14.7. The van der Waals surface area contributed by atoms with Gasteiger partial charge in [0.15, 0.2) is 0 Å². The summed E-state index contributed by atoms with van der Waals surface area (Å²) < 4.78 is 9.89. The van der Waals surface area contributed by atoms with Gasteiger partial charge in [-0.1, -0.05) is 74.9 Å². The van der Waals surface area contributed by atoms with Gasteiger partial charge in [-0.2, -0.15) is 10.2 Å². The smallest absolute Gasteiger partial charge is 0.497 e. The molecule has 0 amide bonds. The van der Waals surface area contributed by atoms with Crippen LogP contribution in [0.2, 0.25) is 0 Å². The van der Waals surface area contributed by atoms with E-state index in [4.69, 9.17) is 4.74 Å². The van der Waals surface area contributed by atoms with Crippen molar-refractivity contribution in [2.24, 2.45) is 0 Å². The van der Waals surface area contributed by atoms with Gasteiger partial charge in [-0.25, -0.2) is 0 Å². The van der Waals surface area contributed by atoms with Crippen LogP contribution in [0.5, 0.6) is 11.5 Å². The number of unbranched alkanes of at least 4 members (excludes halogenated alkanes) is 6. The van der Waals surface area contributed by atoms with Crippen LogP contribution in [-0.4, -0.2) is 30.0 Å². The molecule has 0 aliphatic rings. The molecule has 192 valence electrons. The van der Waals surface area contributed by atoms with Crippen molar-refractivity contribution in [3.05, 3.63) is 60.9 Å². The van der Waals surface area contributed by atoms with Gasteiger partial charge in [0.1, 0.15) is 0 Å². The summed E-state index contributed by atoms with van der Waals surface area (Å²) >= 11 is 0. The first-order valence-corrected chi connectivity index (χ1v) is 12.8. The Morgan fingerprint density at radius 1 is 0.667 bits per heavy atom. The quantitative estimate of drug-likeness (QED) is 0.110. The van der Waals surface area contributed by atoms with E-state index in [9.17, 15) is 0 Å². The average molecular weight is 666 g/mol. The summed E-state index contributed by atoms with van der Waals surface area (Å²) in [4.78, 5) is 0. The van der Waals surface area contributed by atoms with Gasteiger partial charge in [0.05, 0.1) is 0 Å². The maximum absolute atomic E-state index is 6.08. The number of rotatable bonds is 14. The summed E-state index contributed by atoms with van der Waals surface area (Å²) in [6.45, 7) is 6.20. The molecule has 36 heavy (non-hydrogen) atoms. The molecule has 2 aromatic carbocycles. The zero-order chi connectivity index (χ0) is 24.3. The fraction of sp³-hybridized carbons (Fsp3) is 0.429. The van der Waals surface area contributed by atoms with E-state index < -0.39 is 0 Å². The molecule has 4 rings (SSSR count). The maximum atomic E-state index is 6.08. The molecule has 2 heterocycles. The number of aromatic nitrogens is 6. The fourth-order valence-corrected chi connectivity index (χ4v) is 3.90. The summed E-state index contributed by atoms with van der Waals surface area (Å²) in [5.74, 6) is 1.21. The van der Waals surface area contributed by atoms with Crippen LogP contribution in [0.3, 0.4) is 0 Å². The molecule has 2 aromatic heterocycles. The van der Waals surface area contributed by atoms with Gasteiger partial charge < -0.3 is 4.74 Å². The first kappa shape index (κ1) is 27.8. The van der Waals surface area contributed by atoms with Crippen LogP contribution in [0.1, 0.15) is 65.2 Å². The second-order valence-electron chi connectivity index (χ2n) is 8.81. The van der Waals surface area contributed by atoms with Crippen molar-refractivity contribution in [2.75, 3.05) is 0 Å². The Balaban J connectivity index is 0.00000361. The van der Waals surface area contributed by atoms with E-state index in [1.807, 2.05) is 58.2 Å². The van der Waals surface area contributed by atoms with Crippen molar-refractivity contribution in [3.8, 4) is 34.0 Å². The molecule has 7 nitrogen and oxygen atoms in total. The first-order valence-electron chi connectivity index (χ1n) is 12.8. The Labute approximate surface area is 228 Å². The molecule has 0 aliphatic carbocycles. The van der Waals surface area contributed by atoms with Crippen LogP contribution in [0.4, 0.5) is 0 Å². The molecule has 0 atom stereocenters. The number of hydrogen-bond donors (Lipinski definition) is 0. The molecule has 0 unspecified atom stereocenters. The van der Waals surface area contributed by atoms with Gasteiger partial charge in [0.2, 0.25) is 0 Å². The summed E-state index contributed by atoms with van der Waals surface area (Å²) in [6.07, 6.45) is 13.6. The van der Waals surface area contributed by atoms with E-state index in [0.29, 0.717) is 11.5 Å². The Bertz CT molecular complexity index is 1100. The zero-order valence-corrected chi connectivity index (χ0v) is 23.4. The van der Waals surface area contributed by atoms with Gasteiger partial charge >= 0.3 is 21.1 Å². The number of hydrogen-bond acceptors (Lipinski definition) is 5. The molecule has 0 N–H and O–H groups in total. The minimum absolute atomic E-state index is 0. The van der Waals surface area contributed by atoms with Crippen molar-refractivity contribution in [3.63, 3.8) is 0 Å². The topological polar surface area (TPSA) is 70.7 Å². The monoisotopic (exact) mass is 665 g/mol. The molecule has 0 saturated heterocycles. The van der Waals surface area contributed by atoms with E-state index in [2.05, 4.69) is 46.6 Å². The molecule has 4 aromatic rings. The largest absolute Gasteiger partial charge is 2.00 e. The first-order chi connectivity index (χ1) is 17.2. The van der Waals surface area contributed by atoms with E-state index in [-0.39, 0.29) is 21.1 Å². The molecular formula is C28H34N6OPt. The maximum Gasteiger partial charge on any atom is 2.00 e. The predicted octanol–water partition coefficient (Wildman–Crippen LogP) is 6.75. The van der Waals surface area contributed by atoms with Gasteiger partial charge in [0.25, 0.3) is 0 Å². The van der Waals surface area contributed by atoms with Crippen LogP contribution in [0.25, 0.3) is 22.5 Å². The summed E-state index contributed by atoms with van der Waals surface area (Å²) in [5, 5.41) is 17.2. The average Bonchev–Trinajstić information content (AvgIpc) is 3.55. The predicted molar refractivity (Wildman–Crippen MR) is 137 cm³/mol. The Kier molecular flexibility index (Phi) is 11.3. The minimum Gasteiger partial charge on any atom is -0.497 e. The summed E-state index contributed by atoms with van der Waals surface area (Å²) in [5.41, 5.74) is 3.28. The van der Waals surface area contributed by atoms with Gasteiger partial charge in [-0.05, 0) is 12.8 Å². The van der Waals surface area contributed by atoms with Crippen LogP contribution in [-0.2, 0) is 34.2 Å². The molecule has 0 spiro atoms. The molecule has 8 heteroatoms. The number of nitrogens with zero attached hydrogens (tertiary/aromatic N) is 6. The van der Waals surface area contributed by atoms with E-state index in [1.54, 1.807) is 0 Å². The number of ether oxygens (including phenoxy) is 1. The van der Waals surface area contributed by atoms with Crippen molar-refractivity contribution in [1.29, 1.82) is 0 Å². The number of benzene rings is 2.